The zero-order valence-corrected chi connectivity index (χ0v) is 13.8. The highest BCUT2D eigenvalue weighted by molar-refractivity contribution is 5.70. The standard InChI is InChI=1S/C17H25NO5/c1-21-10-11-23-16-14(4-3-5-15(16)22-2)12-18-8-6-13(7-9-18)17(19)20/h3-5,13H,6-12H2,1-2H3,(H,19,20). The van der Waals surface area contributed by atoms with Gasteiger partial charge in [-0.05, 0) is 32.0 Å². The minimum atomic E-state index is -0.686. The van der Waals surface area contributed by atoms with Gasteiger partial charge < -0.3 is 19.3 Å². The highest BCUT2D eigenvalue weighted by atomic mass is 16.5. The van der Waals surface area contributed by atoms with Gasteiger partial charge in [-0.3, -0.25) is 9.69 Å². The summed E-state index contributed by atoms with van der Waals surface area (Å²) in [6.07, 6.45) is 1.39. The van der Waals surface area contributed by atoms with Crippen LogP contribution in [0.25, 0.3) is 0 Å². The average Bonchev–Trinajstić information content (AvgIpc) is 2.56. The zero-order valence-electron chi connectivity index (χ0n) is 13.8. The van der Waals surface area contributed by atoms with Crippen molar-refractivity contribution in [3.8, 4) is 11.5 Å². The first-order chi connectivity index (χ1) is 11.2. The van der Waals surface area contributed by atoms with Crippen LogP contribution >= 0.6 is 0 Å². The number of rotatable bonds is 8. The van der Waals surface area contributed by atoms with Gasteiger partial charge in [-0.15, -0.1) is 0 Å². The molecular formula is C17H25NO5. The Morgan fingerprint density at radius 2 is 2.00 bits per heavy atom. The van der Waals surface area contributed by atoms with Gasteiger partial charge in [0.05, 0.1) is 19.6 Å². The van der Waals surface area contributed by atoms with Crippen molar-refractivity contribution in [2.75, 3.05) is 40.5 Å². The van der Waals surface area contributed by atoms with Gasteiger partial charge in [-0.25, -0.2) is 0 Å². The molecule has 6 nitrogen and oxygen atoms in total. The molecule has 0 unspecified atom stereocenters. The molecule has 0 bridgehead atoms. The maximum absolute atomic E-state index is 11.0. The second-order valence-corrected chi connectivity index (χ2v) is 5.68. The third-order valence-electron chi connectivity index (χ3n) is 4.14. The van der Waals surface area contributed by atoms with Crippen molar-refractivity contribution in [2.24, 2.45) is 5.92 Å². The molecule has 0 aliphatic carbocycles. The first-order valence-corrected chi connectivity index (χ1v) is 7.88. The Hall–Kier alpha value is -1.79. The van der Waals surface area contributed by atoms with Crippen LogP contribution in [-0.4, -0.2) is 56.5 Å². The molecule has 6 heteroatoms. The van der Waals surface area contributed by atoms with Crippen LogP contribution in [0.2, 0.25) is 0 Å². The maximum Gasteiger partial charge on any atom is 0.306 e. The molecule has 1 fully saturated rings. The van der Waals surface area contributed by atoms with Crippen LogP contribution in [0.5, 0.6) is 11.5 Å². The fourth-order valence-electron chi connectivity index (χ4n) is 2.82. The molecule has 1 saturated heterocycles. The normalized spacial score (nSPS) is 16.3. The second-order valence-electron chi connectivity index (χ2n) is 5.68. The van der Waals surface area contributed by atoms with Crippen molar-refractivity contribution in [3.63, 3.8) is 0 Å². The Bertz CT molecular complexity index is 512. The number of hydrogen-bond donors (Lipinski definition) is 1. The van der Waals surface area contributed by atoms with Crippen LogP contribution in [-0.2, 0) is 16.1 Å². The highest BCUT2D eigenvalue weighted by Crippen LogP contribution is 2.32. The summed E-state index contributed by atoms with van der Waals surface area (Å²) in [5.41, 5.74) is 1.05. The van der Waals surface area contributed by atoms with Crippen LogP contribution in [0, 0.1) is 5.92 Å². The Kier molecular flexibility index (Phi) is 6.67. The number of carbonyl (C=O) groups is 1. The lowest BCUT2D eigenvalue weighted by molar-refractivity contribution is -0.143. The average molecular weight is 323 g/mol. The lowest BCUT2D eigenvalue weighted by atomic mass is 9.97. The SMILES string of the molecule is COCCOc1c(CN2CCC(C(=O)O)CC2)cccc1OC. The largest absolute Gasteiger partial charge is 0.493 e. The predicted molar refractivity (Wildman–Crippen MR) is 86.0 cm³/mol. The van der Waals surface area contributed by atoms with Crippen molar-refractivity contribution in [1.82, 2.24) is 4.90 Å². The molecule has 1 aliphatic heterocycles. The molecule has 23 heavy (non-hydrogen) atoms. The summed E-state index contributed by atoms with van der Waals surface area (Å²) in [6, 6.07) is 5.84. The van der Waals surface area contributed by atoms with Gasteiger partial charge in [0.1, 0.15) is 6.61 Å². The summed E-state index contributed by atoms with van der Waals surface area (Å²) in [5.74, 6) is 0.551. The lowest BCUT2D eigenvalue weighted by Crippen LogP contribution is -2.35. The van der Waals surface area contributed by atoms with E-state index in [9.17, 15) is 4.79 Å². The minimum Gasteiger partial charge on any atom is -0.493 e. The topological polar surface area (TPSA) is 68.2 Å². The first-order valence-electron chi connectivity index (χ1n) is 7.88. The molecule has 1 aromatic rings. The van der Waals surface area contributed by atoms with E-state index in [1.54, 1.807) is 14.2 Å². The number of piperidine rings is 1. The van der Waals surface area contributed by atoms with E-state index in [1.165, 1.54) is 0 Å². The van der Waals surface area contributed by atoms with Crippen LogP contribution in [0.15, 0.2) is 18.2 Å². The summed E-state index contributed by atoms with van der Waals surface area (Å²) in [5, 5.41) is 9.08. The zero-order chi connectivity index (χ0) is 16.7. The van der Waals surface area contributed by atoms with Crippen molar-refractivity contribution >= 4 is 5.97 Å². The van der Waals surface area contributed by atoms with E-state index < -0.39 is 5.97 Å². The number of ether oxygens (including phenoxy) is 3. The molecule has 1 aromatic carbocycles. The molecule has 128 valence electrons. The number of benzene rings is 1. The summed E-state index contributed by atoms with van der Waals surface area (Å²) < 4.78 is 16.3. The van der Waals surface area contributed by atoms with Gasteiger partial charge >= 0.3 is 5.97 Å². The van der Waals surface area contributed by atoms with Gasteiger partial charge in [0.25, 0.3) is 0 Å². The Labute approximate surface area is 136 Å². The van der Waals surface area contributed by atoms with Crippen molar-refractivity contribution < 1.29 is 24.1 Å². The molecule has 1 heterocycles. The number of aliphatic carboxylic acids is 1. The van der Waals surface area contributed by atoms with Gasteiger partial charge in [-0.2, -0.15) is 0 Å². The van der Waals surface area contributed by atoms with E-state index in [4.69, 9.17) is 19.3 Å². The smallest absolute Gasteiger partial charge is 0.306 e. The summed E-state index contributed by atoms with van der Waals surface area (Å²) in [7, 11) is 3.26. The maximum atomic E-state index is 11.0. The van der Waals surface area contributed by atoms with Crippen LogP contribution in [0.4, 0.5) is 0 Å². The van der Waals surface area contributed by atoms with E-state index >= 15 is 0 Å². The molecule has 0 aromatic heterocycles. The summed E-state index contributed by atoms with van der Waals surface area (Å²) >= 11 is 0. The van der Waals surface area contributed by atoms with Crippen molar-refractivity contribution in [1.29, 1.82) is 0 Å². The summed E-state index contributed by atoms with van der Waals surface area (Å²) in [6.45, 7) is 3.27. The minimum absolute atomic E-state index is 0.214. The summed E-state index contributed by atoms with van der Waals surface area (Å²) in [4.78, 5) is 13.3. The Balaban J connectivity index is 2.02. The molecule has 0 radical (unpaired) electrons. The fraction of sp³-hybridized carbons (Fsp3) is 0.588. The predicted octanol–water partition coefficient (Wildman–Crippen LogP) is 2.02. The van der Waals surface area contributed by atoms with E-state index in [1.807, 2.05) is 18.2 Å². The van der Waals surface area contributed by atoms with Gasteiger partial charge in [-0.1, -0.05) is 12.1 Å². The van der Waals surface area contributed by atoms with Crippen molar-refractivity contribution in [3.05, 3.63) is 23.8 Å². The molecule has 2 rings (SSSR count). The second kappa shape index (κ2) is 8.74. The number of likely N-dealkylation sites (tertiary alicyclic amines) is 1. The quantitative estimate of drug-likeness (QED) is 0.738. The van der Waals surface area contributed by atoms with E-state index in [0.717, 1.165) is 30.9 Å². The Morgan fingerprint density at radius 3 is 2.61 bits per heavy atom. The van der Waals surface area contributed by atoms with Gasteiger partial charge in [0.2, 0.25) is 0 Å². The monoisotopic (exact) mass is 323 g/mol. The Morgan fingerprint density at radius 1 is 1.26 bits per heavy atom. The molecule has 0 spiro atoms. The molecular weight excluding hydrogens is 298 g/mol. The van der Waals surface area contributed by atoms with E-state index in [-0.39, 0.29) is 5.92 Å². The van der Waals surface area contributed by atoms with Crippen LogP contribution < -0.4 is 9.47 Å². The van der Waals surface area contributed by atoms with Crippen molar-refractivity contribution in [2.45, 2.75) is 19.4 Å². The molecule has 1 N–H and O–H groups in total. The van der Waals surface area contributed by atoms with E-state index in [0.29, 0.717) is 31.8 Å². The fourth-order valence-corrected chi connectivity index (χ4v) is 2.82. The van der Waals surface area contributed by atoms with Crippen LogP contribution in [0.1, 0.15) is 18.4 Å². The molecule has 0 amide bonds. The number of carboxylic acids is 1. The number of hydrogen-bond acceptors (Lipinski definition) is 5. The van der Waals surface area contributed by atoms with Gasteiger partial charge in [0, 0.05) is 19.2 Å². The number of carboxylic acid groups (broad SMARTS) is 1. The van der Waals surface area contributed by atoms with Crippen LogP contribution in [0.3, 0.4) is 0 Å². The van der Waals surface area contributed by atoms with E-state index in [2.05, 4.69) is 4.90 Å². The molecule has 0 saturated carbocycles. The third kappa shape index (κ3) is 4.84. The van der Waals surface area contributed by atoms with Gasteiger partial charge in [0.15, 0.2) is 11.5 Å². The first kappa shape index (κ1) is 17.6. The number of para-hydroxylation sites is 1. The lowest BCUT2D eigenvalue weighted by Gasteiger charge is -2.30. The number of nitrogens with zero attached hydrogens (tertiary/aromatic N) is 1. The third-order valence-corrected chi connectivity index (χ3v) is 4.14. The molecule has 0 atom stereocenters. The highest BCUT2D eigenvalue weighted by Gasteiger charge is 2.25. The number of methoxy groups -OCH3 is 2. The molecule has 1 aliphatic rings.